The van der Waals surface area contributed by atoms with Crippen LogP contribution in [0.25, 0.3) is 0 Å². The Labute approximate surface area is 95.3 Å². The van der Waals surface area contributed by atoms with Gasteiger partial charge in [0.25, 0.3) is 0 Å². The van der Waals surface area contributed by atoms with Crippen molar-refractivity contribution < 1.29 is 30.7 Å². The zero-order valence-corrected chi connectivity index (χ0v) is 9.58. The number of rotatable bonds is 0. The first-order valence-electron chi connectivity index (χ1n) is 3.94. The molecule has 0 saturated carbocycles. The van der Waals surface area contributed by atoms with Crippen LogP contribution in [0.1, 0.15) is 5.82 Å². The summed E-state index contributed by atoms with van der Waals surface area (Å²) in [5.41, 5.74) is -5.65. The predicted molar refractivity (Wildman–Crippen MR) is 47.1 cm³/mol. The van der Waals surface area contributed by atoms with E-state index in [1.165, 1.54) is 0 Å². The van der Waals surface area contributed by atoms with Crippen LogP contribution in [0.15, 0.2) is 12.4 Å². The summed E-state index contributed by atoms with van der Waals surface area (Å²) in [4.78, 5) is 0. The average molecular weight is 271 g/mol. The molecule has 0 aromatic carbocycles. The van der Waals surface area contributed by atoms with E-state index in [1.54, 1.807) is 9.13 Å². The van der Waals surface area contributed by atoms with Gasteiger partial charge in [0.15, 0.2) is 16.2 Å². The van der Waals surface area contributed by atoms with E-state index in [4.69, 9.17) is 18.2 Å². The van der Waals surface area contributed by atoms with Gasteiger partial charge in [-0.2, -0.15) is 18.4 Å². The largest absolute Gasteiger partial charge is 0.741 e. The molecule has 0 radical (unpaired) electrons. The van der Waals surface area contributed by atoms with E-state index in [-0.39, 0.29) is 0 Å². The van der Waals surface area contributed by atoms with Gasteiger partial charge in [0, 0.05) is 0 Å². The molecule has 1 rings (SSSR count). The van der Waals surface area contributed by atoms with Crippen LogP contribution in [0.4, 0.5) is 13.2 Å². The Morgan fingerprint density at radius 2 is 1.94 bits per heavy atom. The fourth-order valence-electron chi connectivity index (χ4n) is 0.748. The summed E-state index contributed by atoms with van der Waals surface area (Å²) in [6.45, 7) is 0. The zero-order chi connectivity index (χ0) is 13.9. The van der Waals surface area contributed by atoms with Crippen LogP contribution in [0.2, 0.25) is 0 Å². The van der Waals surface area contributed by atoms with E-state index in [9.17, 15) is 13.2 Å². The summed E-state index contributed by atoms with van der Waals surface area (Å²) in [5, 5.41) is 8.50. The molecule has 1 heterocycles. The second kappa shape index (κ2) is 5.15. The number of nitrogens with zero attached hydrogens (tertiary/aromatic N) is 3. The molecule has 96 valence electrons. The van der Waals surface area contributed by atoms with Gasteiger partial charge in [0.1, 0.15) is 12.4 Å². The van der Waals surface area contributed by atoms with Crippen molar-refractivity contribution in [2.75, 3.05) is 0 Å². The van der Waals surface area contributed by atoms with Gasteiger partial charge in [-0.05, 0) is 0 Å². The maximum atomic E-state index is 10.7. The van der Waals surface area contributed by atoms with Crippen molar-refractivity contribution in [1.82, 2.24) is 4.57 Å². The van der Waals surface area contributed by atoms with Crippen LogP contribution in [0.5, 0.6) is 0 Å². The van der Waals surface area contributed by atoms with Gasteiger partial charge in [0.2, 0.25) is 0 Å². The minimum atomic E-state index is -6.09. The molecule has 0 bridgehead atoms. The Balaban J connectivity index is 0.000000304. The fraction of sp³-hybridized carbons (Fsp3) is 0.429. The number of hydrogen-bond acceptors (Lipinski definition) is 4. The molecule has 0 aliphatic carbocycles. The monoisotopic (exact) mass is 271 g/mol. The molecule has 10 heteroatoms. The summed E-state index contributed by atoms with van der Waals surface area (Å²) in [5.74, 6) is 0.662. The highest BCUT2D eigenvalue weighted by Gasteiger charge is 2.36. The molecular formula is C7H8F3N3O3S. The fourth-order valence-corrected chi connectivity index (χ4v) is 0.748. The van der Waals surface area contributed by atoms with Crippen LogP contribution in [-0.2, 0) is 24.2 Å². The summed E-state index contributed by atoms with van der Waals surface area (Å²) in [7, 11) is -2.40. The molecule has 0 unspecified atom stereocenters. The van der Waals surface area contributed by atoms with Gasteiger partial charge in [-0.3, -0.25) is 0 Å². The molecule has 0 atom stereocenters. The lowest BCUT2D eigenvalue weighted by atomic mass is 10.6. The highest BCUT2D eigenvalue weighted by molar-refractivity contribution is 7.86. The Morgan fingerprint density at radius 3 is 2.06 bits per heavy atom. The van der Waals surface area contributed by atoms with Crippen molar-refractivity contribution >= 4 is 10.1 Å². The normalized spacial score (nSPS) is 11.4. The maximum absolute atomic E-state index is 10.7. The molecule has 1 aromatic rings. The van der Waals surface area contributed by atoms with Crippen LogP contribution < -0.4 is 4.57 Å². The van der Waals surface area contributed by atoms with Gasteiger partial charge < -0.3 is 4.55 Å². The van der Waals surface area contributed by atoms with Gasteiger partial charge >= 0.3 is 11.3 Å². The topological polar surface area (TPSA) is 89.8 Å². The smallest absolute Gasteiger partial charge is 0.485 e. The second-order valence-electron chi connectivity index (χ2n) is 2.86. The van der Waals surface area contributed by atoms with E-state index in [2.05, 4.69) is 6.07 Å². The number of aromatic nitrogens is 2. The number of imidazole rings is 1. The third kappa shape index (κ3) is 4.41. The van der Waals surface area contributed by atoms with E-state index in [0.29, 0.717) is 5.82 Å². The molecule has 0 spiro atoms. The van der Waals surface area contributed by atoms with E-state index in [0.717, 1.165) is 0 Å². The van der Waals surface area contributed by atoms with Crippen LogP contribution >= 0.6 is 0 Å². The Bertz CT molecular complexity index is 507. The van der Waals surface area contributed by atoms with Crippen molar-refractivity contribution in [3.63, 3.8) is 0 Å². The number of hydrogen-bond donors (Lipinski definition) is 0. The minimum absolute atomic E-state index is 0.662. The molecule has 0 N–H and O–H groups in total. The summed E-state index contributed by atoms with van der Waals surface area (Å²) >= 11 is 0. The standard InChI is InChI=1S/C6H8N3.CHF3O3S/c1-8-3-4-9(2)6(8)5-7;2-1(3,4)8(5,6)7/h3-4H,1-2H3;(H,5,6,7)/q+1;/p-1. The van der Waals surface area contributed by atoms with Crippen molar-refractivity contribution in [1.29, 1.82) is 5.26 Å². The molecule has 6 nitrogen and oxygen atoms in total. The van der Waals surface area contributed by atoms with E-state index < -0.39 is 15.6 Å². The first-order chi connectivity index (χ1) is 7.50. The minimum Gasteiger partial charge on any atom is -0.741 e. The van der Waals surface area contributed by atoms with Gasteiger partial charge in [-0.15, -0.1) is 0 Å². The lowest BCUT2D eigenvalue weighted by Crippen LogP contribution is -2.29. The van der Waals surface area contributed by atoms with Crippen molar-refractivity contribution in [2.45, 2.75) is 5.51 Å². The number of nitriles is 1. The highest BCUT2D eigenvalue weighted by atomic mass is 32.2. The first kappa shape index (κ1) is 15.4. The molecule has 0 aliphatic rings. The van der Waals surface area contributed by atoms with Gasteiger partial charge in [0.05, 0.1) is 14.1 Å². The molecule has 0 saturated heterocycles. The molecule has 1 aromatic heterocycles. The van der Waals surface area contributed by atoms with Crippen molar-refractivity contribution in [3.05, 3.63) is 18.2 Å². The molecule has 0 fully saturated rings. The number of alkyl halides is 3. The first-order valence-corrected chi connectivity index (χ1v) is 5.34. The maximum Gasteiger partial charge on any atom is 0.485 e. The third-order valence-corrected chi connectivity index (χ3v) is 2.13. The van der Waals surface area contributed by atoms with Crippen LogP contribution in [-0.4, -0.2) is 23.0 Å². The molecule has 17 heavy (non-hydrogen) atoms. The van der Waals surface area contributed by atoms with Crippen LogP contribution in [0.3, 0.4) is 0 Å². The Morgan fingerprint density at radius 1 is 1.53 bits per heavy atom. The Kier molecular flexibility index (Phi) is 4.67. The molecule has 0 amide bonds. The molecular weight excluding hydrogens is 263 g/mol. The van der Waals surface area contributed by atoms with Crippen LogP contribution in [0, 0.1) is 11.3 Å². The second-order valence-corrected chi connectivity index (χ2v) is 4.23. The van der Waals surface area contributed by atoms with E-state index in [1.807, 2.05) is 26.5 Å². The number of halogens is 3. The quantitative estimate of drug-likeness (QED) is 0.370. The molecule has 0 aliphatic heterocycles. The predicted octanol–water partition coefficient (Wildman–Crippen LogP) is -0.227. The summed E-state index contributed by atoms with van der Waals surface area (Å²) < 4.78 is 62.5. The van der Waals surface area contributed by atoms with Gasteiger partial charge in [-0.1, -0.05) is 0 Å². The lowest BCUT2D eigenvalue weighted by Gasteiger charge is -2.08. The van der Waals surface area contributed by atoms with Crippen molar-refractivity contribution in [2.24, 2.45) is 14.1 Å². The van der Waals surface area contributed by atoms with Gasteiger partial charge in [-0.25, -0.2) is 17.6 Å². The highest BCUT2D eigenvalue weighted by Crippen LogP contribution is 2.20. The number of aryl methyl sites for hydroxylation is 2. The zero-order valence-electron chi connectivity index (χ0n) is 8.76. The third-order valence-electron chi connectivity index (χ3n) is 1.57. The SMILES string of the molecule is Cn1cc[n+](C)c1C#N.O=S(=O)([O-])C(F)(F)F. The summed E-state index contributed by atoms with van der Waals surface area (Å²) in [6.07, 6.45) is 3.69. The van der Waals surface area contributed by atoms with Crippen molar-refractivity contribution in [3.8, 4) is 6.07 Å². The van der Waals surface area contributed by atoms with E-state index >= 15 is 0 Å². The average Bonchev–Trinajstić information content (AvgIpc) is 2.43. The Hall–Kier alpha value is -1.60. The lowest BCUT2D eigenvalue weighted by molar-refractivity contribution is -0.673. The summed E-state index contributed by atoms with van der Waals surface area (Å²) in [6, 6.07) is 2.07.